The SMILES string of the molecule is Fc1cc(F)cc(-n2nnnc2CNC2CC2)c1. The highest BCUT2D eigenvalue weighted by Gasteiger charge is 2.21. The van der Waals surface area contributed by atoms with Gasteiger partial charge in [-0.15, -0.1) is 5.10 Å². The first-order chi connectivity index (χ1) is 8.72. The molecule has 0 amide bonds. The van der Waals surface area contributed by atoms with Crippen LogP contribution in [0.2, 0.25) is 0 Å². The largest absolute Gasteiger partial charge is 0.307 e. The van der Waals surface area contributed by atoms with Crippen molar-refractivity contribution in [3.8, 4) is 5.69 Å². The standard InChI is InChI=1S/C11H11F2N5/c12-7-3-8(13)5-10(4-7)18-11(15-16-17-18)6-14-9-1-2-9/h3-5,9,14H,1-2,6H2. The molecule has 0 bridgehead atoms. The zero-order chi connectivity index (χ0) is 12.5. The third-order valence-electron chi connectivity index (χ3n) is 2.75. The molecular weight excluding hydrogens is 240 g/mol. The Morgan fingerprint density at radius 1 is 1.22 bits per heavy atom. The molecule has 1 saturated carbocycles. The molecule has 1 aliphatic carbocycles. The van der Waals surface area contributed by atoms with Gasteiger partial charge in [0.15, 0.2) is 5.82 Å². The van der Waals surface area contributed by atoms with Gasteiger partial charge in [-0.05, 0) is 35.4 Å². The van der Waals surface area contributed by atoms with Gasteiger partial charge in [-0.3, -0.25) is 0 Å². The van der Waals surface area contributed by atoms with E-state index in [4.69, 9.17) is 0 Å². The van der Waals surface area contributed by atoms with E-state index in [-0.39, 0.29) is 5.69 Å². The summed E-state index contributed by atoms with van der Waals surface area (Å²) >= 11 is 0. The minimum absolute atomic E-state index is 0.282. The Hall–Kier alpha value is -1.89. The van der Waals surface area contributed by atoms with Crippen molar-refractivity contribution >= 4 is 0 Å². The zero-order valence-corrected chi connectivity index (χ0v) is 9.48. The van der Waals surface area contributed by atoms with Crippen LogP contribution >= 0.6 is 0 Å². The number of nitrogens with zero attached hydrogens (tertiary/aromatic N) is 4. The topological polar surface area (TPSA) is 55.6 Å². The molecule has 1 aromatic heterocycles. The number of hydrogen-bond donors (Lipinski definition) is 1. The molecule has 1 aliphatic rings. The van der Waals surface area contributed by atoms with Gasteiger partial charge in [0.2, 0.25) is 0 Å². The van der Waals surface area contributed by atoms with Crippen molar-refractivity contribution < 1.29 is 8.78 Å². The molecule has 2 aromatic rings. The van der Waals surface area contributed by atoms with Crippen molar-refractivity contribution in [1.29, 1.82) is 0 Å². The minimum atomic E-state index is -0.651. The van der Waals surface area contributed by atoms with Crippen LogP contribution in [-0.2, 0) is 6.54 Å². The van der Waals surface area contributed by atoms with Gasteiger partial charge in [-0.2, -0.15) is 4.68 Å². The van der Waals surface area contributed by atoms with Gasteiger partial charge in [0.25, 0.3) is 0 Å². The van der Waals surface area contributed by atoms with Crippen molar-refractivity contribution in [2.75, 3.05) is 0 Å². The smallest absolute Gasteiger partial charge is 0.170 e. The summed E-state index contributed by atoms with van der Waals surface area (Å²) < 4.78 is 27.6. The van der Waals surface area contributed by atoms with Crippen LogP contribution in [0.1, 0.15) is 18.7 Å². The van der Waals surface area contributed by atoms with E-state index in [1.165, 1.54) is 16.8 Å². The molecule has 7 heteroatoms. The van der Waals surface area contributed by atoms with Gasteiger partial charge < -0.3 is 5.32 Å². The number of benzene rings is 1. The molecule has 0 radical (unpaired) electrons. The molecule has 1 aromatic carbocycles. The van der Waals surface area contributed by atoms with Crippen molar-refractivity contribution in [2.45, 2.75) is 25.4 Å². The second kappa shape index (κ2) is 4.41. The van der Waals surface area contributed by atoms with E-state index in [9.17, 15) is 8.78 Å². The van der Waals surface area contributed by atoms with E-state index in [1.807, 2.05) is 0 Å². The molecule has 1 N–H and O–H groups in total. The van der Waals surface area contributed by atoms with Crippen LogP contribution in [0.25, 0.3) is 5.69 Å². The third kappa shape index (κ3) is 2.35. The Labute approximate surface area is 102 Å². The summed E-state index contributed by atoms with van der Waals surface area (Å²) in [6.07, 6.45) is 2.30. The first-order valence-corrected chi connectivity index (χ1v) is 5.69. The number of halogens is 2. The molecule has 0 aliphatic heterocycles. The van der Waals surface area contributed by atoms with Crippen LogP contribution in [-0.4, -0.2) is 26.2 Å². The maximum absolute atomic E-state index is 13.1. The van der Waals surface area contributed by atoms with Crippen LogP contribution in [0.4, 0.5) is 8.78 Å². The van der Waals surface area contributed by atoms with Gasteiger partial charge in [-0.1, -0.05) is 0 Å². The van der Waals surface area contributed by atoms with Crippen molar-refractivity contribution in [1.82, 2.24) is 25.5 Å². The maximum Gasteiger partial charge on any atom is 0.170 e. The number of aromatic nitrogens is 4. The average Bonchev–Trinajstić information content (AvgIpc) is 3.02. The quantitative estimate of drug-likeness (QED) is 0.887. The molecule has 1 heterocycles. The van der Waals surface area contributed by atoms with Crippen LogP contribution in [0.3, 0.4) is 0 Å². The molecule has 3 rings (SSSR count). The fourth-order valence-electron chi connectivity index (χ4n) is 1.70. The second-order valence-electron chi connectivity index (χ2n) is 4.29. The van der Waals surface area contributed by atoms with E-state index < -0.39 is 11.6 Å². The van der Waals surface area contributed by atoms with Crippen LogP contribution in [0.5, 0.6) is 0 Å². The Morgan fingerprint density at radius 3 is 2.61 bits per heavy atom. The number of nitrogens with one attached hydrogen (secondary N) is 1. The average molecular weight is 251 g/mol. The molecule has 0 atom stereocenters. The van der Waals surface area contributed by atoms with E-state index in [1.54, 1.807) is 0 Å². The normalized spacial score (nSPS) is 15.0. The predicted molar refractivity (Wildman–Crippen MR) is 58.9 cm³/mol. The molecule has 0 spiro atoms. The van der Waals surface area contributed by atoms with Crippen molar-refractivity contribution in [2.24, 2.45) is 0 Å². The van der Waals surface area contributed by atoms with Crippen LogP contribution in [0.15, 0.2) is 18.2 Å². The van der Waals surface area contributed by atoms with Gasteiger partial charge in [-0.25, -0.2) is 8.78 Å². The van der Waals surface area contributed by atoms with Crippen molar-refractivity contribution in [3.05, 3.63) is 35.7 Å². The summed E-state index contributed by atoms with van der Waals surface area (Å²) in [5, 5.41) is 14.4. The van der Waals surface area contributed by atoms with E-state index in [0.717, 1.165) is 18.9 Å². The summed E-state index contributed by atoms with van der Waals surface area (Å²) in [4.78, 5) is 0. The summed E-state index contributed by atoms with van der Waals surface area (Å²) in [5.41, 5.74) is 0.282. The highest BCUT2D eigenvalue weighted by atomic mass is 19.1. The fraction of sp³-hybridized carbons (Fsp3) is 0.364. The molecule has 5 nitrogen and oxygen atoms in total. The van der Waals surface area contributed by atoms with Crippen molar-refractivity contribution in [3.63, 3.8) is 0 Å². The molecule has 1 fully saturated rings. The molecule has 18 heavy (non-hydrogen) atoms. The monoisotopic (exact) mass is 251 g/mol. The van der Waals surface area contributed by atoms with Crippen LogP contribution in [0, 0.1) is 11.6 Å². The van der Waals surface area contributed by atoms with E-state index in [0.29, 0.717) is 18.4 Å². The number of rotatable bonds is 4. The summed E-state index contributed by atoms with van der Waals surface area (Å²) in [6.45, 7) is 0.482. The lowest BCUT2D eigenvalue weighted by molar-refractivity contribution is 0.576. The zero-order valence-electron chi connectivity index (χ0n) is 9.48. The molecule has 94 valence electrons. The van der Waals surface area contributed by atoms with Crippen LogP contribution < -0.4 is 5.32 Å². The molecule has 0 saturated heterocycles. The van der Waals surface area contributed by atoms with E-state index in [2.05, 4.69) is 20.8 Å². The molecule has 0 unspecified atom stereocenters. The summed E-state index contributed by atoms with van der Waals surface area (Å²) in [5.74, 6) is -0.768. The van der Waals surface area contributed by atoms with Gasteiger partial charge in [0.1, 0.15) is 11.6 Å². The van der Waals surface area contributed by atoms with Gasteiger partial charge in [0, 0.05) is 12.1 Å². The lowest BCUT2D eigenvalue weighted by Crippen LogP contribution is -2.19. The number of tetrazole rings is 1. The lowest BCUT2D eigenvalue weighted by atomic mass is 10.3. The Balaban J connectivity index is 1.87. The Bertz CT molecular complexity index is 544. The molecular formula is C11H11F2N5. The second-order valence-corrected chi connectivity index (χ2v) is 4.29. The minimum Gasteiger partial charge on any atom is -0.307 e. The van der Waals surface area contributed by atoms with Gasteiger partial charge >= 0.3 is 0 Å². The van der Waals surface area contributed by atoms with E-state index >= 15 is 0 Å². The predicted octanol–water partition coefficient (Wildman–Crippen LogP) is 1.19. The summed E-state index contributed by atoms with van der Waals surface area (Å²) in [7, 11) is 0. The Morgan fingerprint density at radius 2 is 1.94 bits per heavy atom. The third-order valence-corrected chi connectivity index (χ3v) is 2.75. The Kier molecular flexibility index (Phi) is 2.75. The number of hydrogen-bond acceptors (Lipinski definition) is 4. The highest BCUT2D eigenvalue weighted by molar-refractivity contribution is 5.32. The highest BCUT2D eigenvalue weighted by Crippen LogP contribution is 2.19. The fourth-order valence-corrected chi connectivity index (χ4v) is 1.70. The first-order valence-electron chi connectivity index (χ1n) is 5.69. The maximum atomic E-state index is 13.1. The van der Waals surface area contributed by atoms with Gasteiger partial charge in [0.05, 0.1) is 12.2 Å². The summed E-state index contributed by atoms with van der Waals surface area (Å²) in [6, 6.07) is 3.72. The lowest BCUT2D eigenvalue weighted by Gasteiger charge is -2.05. The first kappa shape index (κ1) is 11.2.